The molecule has 0 aliphatic carbocycles. The molecule has 2 aromatic rings. The molecule has 0 spiro atoms. The molecule has 5 heteroatoms. The van der Waals surface area contributed by atoms with E-state index in [-0.39, 0.29) is 6.04 Å². The Morgan fingerprint density at radius 1 is 1.24 bits per heavy atom. The van der Waals surface area contributed by atoms with Gasteiger partial charge in [-0.3, -0.25) is 5.32 Å². The Bertz CT molecular complexity index is 570. The van der Waals surface area contributed by atoms with Crippen molar-refractivity contribution < 1.29 is 9.53 Å². The zero-order valence-electron chi connectivity index (χ0n) is 12.2. The summed E-state index contributed by atoms with van der Waals surface area (Å²) in [6.45, 7) is 4.17. The fourth-order valence-electron chi connectivity index (χ4n) is 1.90. The maximum atomic E-state index is 11.3. The van der Waals surface area contributed by atoms with E-state index < -0.39 is 6.09 Å². The van der Waals surface area contributed by atoms with Crippen LogP contribution >= 0.6 is 0 Å². The van der Waals surface area contributed by atoms with Gasteiger partial charge < -0.3 is 10.1 Å². The van der Waals surface area contributed by atoms with Crippen molar-refractivity contribution in [1.82, 2.24) is 4.98 Å². The van der Waals surface area contributed by atoms with Gasteiger partial charge in [0, 0.05) is 6.04 Å². The maximum absolute atomic E-state index is 11.3. The third-order valence-electron chi connectivity index (χ3n) is 2.95. The van der Waals surface area contributed by atoms with Crippen LogP contribution in [0, 0.1) is 0 Å². The van der Waals surface area contributed by atoms with Gasteiger partial charge in [-0.1, -0.05) is 30.3 Å². The smallest absolute Gasteiger partial charge is 0.412 e. The fraction of sp³-hybridized carbons (Fsp3) is 0.250. The van der Waals surface area contributed by atoms with Crippen molar-refractivity contribution in [2.24, 2.45) is 0 Å². The summed E-state index contributed by atoms with van der Waals surface area (Å²) in [7, 11) is 0. The first-order chi connectivity index (χ1) is 10.2. The largest absolute Gasteiger partial charge is 0.450 e. The predicted octanol–water partition coefficient (Wildman–Crippen LogP) is 3.82. The van der Waals surface area contributed by atoms with Gasteiger partial charge in [0.15, 0.2) is 0 Å². The number of hydrogen-bond acceptors (Lipinski definition) is 4. The number of hydrogen-bond donors (Lipinski definition) is 2. The molecule has 5 nitrogen and oxygen atoms in total. The second kappa shape index (κ2) is 7.28. The Hall–Kier alpha value is -2.56. The van der Waals surface area contributed by atoms with E-state index in [9.17, 15) is 4.79 Å². The molecule has 0 saturated heterocycles. The van der Waals surface area contributed by atoms with Crippen LogP contribution in [0.15, 0.2) is 48.7 Å². The molecule has 0 radical (unpaired) electrons. The number of ether oxygens (including phenoxy) is 1. The lowest BCUT2D eigenvalue weighted by atomic mass is 10.1. The van der Waals surface area contributed by atoms with Crippen molar-refractivity contribution in [2.75, 3.05) is 17.2 Å². The molecule has 0 aliphatic heterocycles. The Morgan fingerprint density at radius 2 is 2.00 bits per heavy atom. The second-order valence-electron chi connectivity index (χ2n) is 4.55. The lowest BCUT2D eigenvalue weighted by Crippen LogP contribution is -2.14. The van der Waals surface area contributed by atoms with Gasteiger partial charge in [-0.05, 0) is 31.5 Å². The molecule has 110 valence electrons. The molecule has 1 atom stereocenters. The van der Waals surface area contributed by atoms with Gasteiger partial charge in [0.1, 0.15) is 5.82 Å². The van der Waals surface area contributed by atoms with Crippen LogP contribution in [0.2, 0.25) is 0 Å². The van der Waals surface area contributed by atoms with Gasteiger partial charge >= 0.3 is 6.09 Å². The molecule has 1 amide bonds. The Kier molecular flexibility index (Phi) is 5.15. The van der Waals surface area contributed by atoms with Crippen LogP contribution in [0.1, 0.15) is 25.5 Å². The van der Waals surface area contributed by atoms with Crippen LogP contribution in [0.25, 0.3) is 0 Å². The topological polar surface area (TPSA) is 63.2 Å². The number of rotatable bonds is 5. The van der Waals surface area contributed by atoms with Gasteiger partial charge in [-0.25, -0.2) is 9.78 Å². The number of amides is 1. The van der Waals surface area contributed by atoms with E-state index in [1.54, 1.807) is 19.2 Å². The van der Waals surface area contributed by atoms with Gasteiger partial charge in [0.2, 0.25) is 0 Å². The van der Waals surface area contributed by atoms with Gasteiger partial charge in [0.25, 0.3) is 0 Å². The number of nitrogens with one attached hydrogen (secondary N) is 2. The number of aromatic nitrogens is 1. The molecular formula is C16H19N3O2. The normalized spacial score (nSPS) is 11.5. The van der Waals surface area contributed by atoms with E-state index in [2.05, 4.69) is 34.7 Å². The monoisotopic (exact) mass is 285 g/mol. The number of anilines is 2. The molecule has 0 bridgehead atoms. The van der Waals surface area contributed by atoms with Gasteiger partial charge in [-0.15, -0.1) is 0 Å². The number of nitrogens with zero attached hydrogens (tertiary/aromatic N) is 1. The molecular weight excluding hydrogens is 266 g/mol. The molecule has 0 aliphatic rings. The highest BCUT2D eigenvalue weighted by Crippen LogP contribution is 2.19. The van der Waals surface area contributed by atoms with Gasteiger partial charge in [0.05, 0.1) is 18.5 Å². The molecule has 2 rings (SSSR count). The first-order valence-electron chi connectivity index (χ1n) is 6.90. The minimum atomic E-state index is -0.497. The summed E-state index contributed by atoms with van der Waals surface area (Å²) in [5, 5.41) is 5.91. The highest BCUT2D eigenvalue weighted by molar-refractivity contribution is 5.83. The molecule has 21 heavy (non-hydrogen) atoms. The highest BCUT2D eigenvalue weighted by Gasteiger charge is 2.06. The summed E-state index contributed by atoms with van der Waals surface area (Å²) < 4.78 is 4.79. The molecule has 0 saturated carbocycles. The zero-order valence-corrected chi connectivity index (χ0v) is 12.2. The minimum absolute atomic E-state index is 0.178. The van der Waals surface area contributed by atoms with Crippen LogP contribution < -0.4 is 10.6 Å². The third kappa shape index (κ3) is 4.49. The van der Waals surface area contributed by atoms with Crippen LogP contribution in [0.4, 0.5) is 16.3 Å². The second-order valence-corrected chi connectivity index (χ2v) is 4.55. The fourth-order valence-corrected chi connectivity index (χ4v) is 1.90. The average Bonchev–Trinajstić information content (AvgIpc) is 2.50. The van der Waals surface area contributed by atoms with E-state index in [4.69, 9.17) is 4.74 Å². The number of benzene rings is 1. The third-order valence-corrected chi connectivity index (χ3v) is 2.95. The van der Waals surface area contributed by atoms with E-state index in [1.165, 1.54) is 5.56 Å². The van der Waals surface area contributed by atoms with Crippen molar-refractivity contribution in [1.29, 1.82) is 0 Å². The number of pyridine rings is 1. The van der Waals surface area contributed by atoms with Crippen LogP contribution in [0.5, 0.6) is 0 Å². The molecule has 1 heterocycles. The zero-order chi connectivity index (χ0) is 15.1. The molecule has 1 unspecified atom stereocenters. The first kappa shape index (κ1) is 14.8. The maximum Gasteiger partial charge on any atom is 0.412 e. The lowest BCUT2D eigenvalue weighted by Gasteiger charge is -2.15. The average molecular weight is 285 g/mol. The number of carbonyl (C=O) groups excluding carboxylic acids is 1. The van der Waals surface area contributed by atoms with E-state index in [0.29, 0.717) is 12.4 Å². The van der Waals surface area contributed by atoms with E-state index >= 15 is 0 Å². The van der Waals surface area contributed by atoms with E-state index in [0.717, 1.165) is 5.69 Å². The summed E-state index contributed by atoms with van der Waals surface area (Å²) in [4.78, 5) is 15.4. The Morgan fingerprint density at radius 3 is 2.62 bits per heavy atom. The first-order valence-corrected chi connectivity index (χ1v) is 6.90. The Balaban J connectivity index is 1.95. The van der Waals surface area contributed by atoms with Crippen molar-refractivity contribution in [2.45, 2.75) is 19.9 Å². The summed E-state index contributed by atoms with van der Waals surface area (Å²) in [6.07, 6.45) is 1.18. The standard InChI is InChI=1S/C16H19N3O2/c1-3-21-16(20)19-15-10-9-14(11-17-15)18-12(2)13-7-5-4-6-8-13/h4-12,18H,3H2,1-2H3,(H,17,19,20). The SMILES string of the molecule is CCOC(=O)Nc1ccc(NC(C)c2ccccc2)cn1. The van der Waals surface area contributed by atoms with Crippen LogP contribution in [-0.2, 0) is 4.74 Å². The predicted molar refractivity (Wildman–Crippen MR) is 83.4 cm³/mol. The molecule has 1 aromatic heterocycles. The summed E-state index contributed by atoms with van der Waals surface area (Å²) >= 11 is 0. The van der Waals surface area contributed by atoms with Gasteiger partial charge in [-0.2, -0.15) is 0 Å². The molecule has 2 N–H and O–H groups in total. The van der Waals surface area contributed by atoms with E-state index in [1.807, 2.05) is 24.3 Å². The summed E-state index contributed by atoms with van der Waals surface area (Å²) in [5.41, 5.74) is 2.09. The quantitative estimate of drug-likeness (QED) is 0.876. The van der Waals surface area contributed by atoms with Crippen molar-refractivity contribution in [3.63, 3.8) is 0 Å². The number of carbonyl (C=O) groups is 1. The van der Waals surface area contributed by atoms with Crippen LogP contribution in [0.3, 0.4) is 0 Å². The highest BCUT2D eigenvalue weighted by atomic mass is 16.5. The molecule has 1 aromatic carbocycles. The van der Waals surface area contributed by atoms with Crippen molar-refractivity contribution in [3.05, 3.63) is 54.2 Å². The lowest BCUT2D eigenvalue weighted by molar-refractivity contribution is 0.168. The van der Waals surface area contributed by atoms with Crippen molar-refractivity contribution in [3.8, 4) is 0 Å². The molecule has 0 fully saturated rings. The Labute approximate surface area is 124 Å². The minimum Gasteiger partial charge on any atom is -0.450 e. The summed E-state index contributed by atoms with van der Waals surface area (Å²) in [5.74, 6) is 0.464. The summed E-state index contributed by atoms with van der Waals surface area (Å²) in [6, 6.07) is 13.9. The van der Waals surface area contributed by atoms with Crippen molar-refractivity contribution >= 4 is 17.6 Å². The van der Waals surface area contributed by atoms with Crippen LogP contribution in [-0.4, -0.2) is 17.7 Å².